The molecule has 2 fully saturated rings. The highest BCUT2D eigenvalue weighted by Gasteiger charge is 2.26. The molecule has 0 radical (unpaired) electrons. The van der Waals surface area contributed by atoms with E-state index in [2.05, 4.69) is 121 Å². The van der Waals surface area contributed by atoms with Crippen molar-refractivity contribution in [2.75, 3.05) is 0 Å². The second-order valence-corrected chi connectivity index (χ2v) is 8.38. The molecule has 0 bridgehead atoms. The minimum Gasteiger partial charge on any atom is -0.0919 e. The number of hydrogen-bond acceptors (Lipinski definition) is 0. The van der Waals surface area contributed by atoms with Crippen molar-refractivity contribution < 1.29 is 0 Å². The Bertz CT molecular complexity index is 1130. The number of allylic oxidation sites excluding steroid dienone is 3. The highest BCUT2D eigenvalue weighted by molar-refractivity contribution is 4.98. The van der Waals surface area contributed by atoms with E-state index in [-0.39, 0.29) is 0 Å². The Hall–Kier alpha value is -3.60. The smallest absolute Gasteiger partial charge is 0.00000000000926 e. The third-order valence-electron chi connectivity index (χ3n) is 5.03. The summed E-state index contributed by atoms with van der Waals surface area (Å²) in [4.78, 5) is 0. The van der Waals surface area contributed by atoms with Crippen LogP contribution in [0.1, 0.15) is 81.1 Å². The summed E-state index contributed by atoms with van der Waals surface area (Å²) in [6, 6.07) is 0. The third kappa shape index (κ3) is 28.4. The molecule has 0 aliphatic heterocycles. The first kappa shape index (κ1) is 32.6. The van der Waals surface area contributed by atoms with Crippen molar-refractivity contribution >= 4 is 0 Å². The zero-order valence-electron chi connectivity index (χ0n) is 22.5. The van der Waals surface area contributed by atoms with Gasteiger partial charge >= 0.3 is 0 Å². The molecule has 0 spiro atoms. The quantitative estimate of drug-likeness (QED) is 0.291. The second-order valence-electron chi connectivity index (χ2n) is 8.38. The van der Waals surface area contributed by atoms with Gasteiger partial charge in [-0.05, 0) is 145 Å². The number of rotatable bonds is 2. The summed E-state index contributed by atoms with van der Waals surface area (Å²) in [5.74, 6) is 4.20. The largest absolute Gasteiger partial charge is 0.0919 e. The molecule has 0 heterocycles. The fraction of sp³-hybridized carbons (Fsp3) is 0.471. The molecule has 3 unspecified atom stereocenters. The second kappa shape index (κ2) is 24.1. The fourth-order valence-electron chi connectivity index (χ4n) is 1.95. The van der Waals surface area contributed by atoms with Gasteiger partial charge in [0.15, 0.2) is 0 Å². The van der Waals surface area contributed by atoms with Gasteiger partial charge in [0.1, 0.15) is 0 Å². The Labute approximate surface area is 209 Å². The molecule has 2 saturated carbocycles. The first-order chi connectivity index (χ1) is 16.3. The van der Waals surface area contributed by atoms with E-state index in [1.165, 1.54) is 12.8 Å². The summed E-state index contributed by atoms with van der Waals surface area (Å²) >= 11 is 0. The lowest BCUT2D eigenvalue weighted by Crippen LogP contribution is -1.68. The van der Waals surface area contributed by atoms with Gasteiger partial charge in [0.25, 0.3) is 0 Å². The molecule has 0 heteroatoms. The van der Waals surface area contributed by atoms with E-state index in [9.17, 15) is 0 Å². The Balaban J connectivity index is 0. The van der Waals surface area contributed by atoms with Gasteiger partial charge in [-0.2, -0.15) is 0 Å². The maximum absolute atomic E-state index is 3.31. The Morgan fingerprint density at radius 2 is 0.941 bits per heavy atom. The zero-order chi connectivity index (χ0) is 26.0. The average molecular weight is 449 g/mol. The SMILES string of the molecule is C/C=C\C.C=C=C=C=C=C=C=C=C=C=C=C=C=C=C=C(C)CCC.CC1CC1C.CC1C[C@@H]1C. The van der Waals surface area contributed by atoms with Crippen LogP contribution in [0.5, 0.6) is 0 Å². The van der Waals surface area contributed by atoms with Gasteiger partial charge in [-0.25, -0.2) is 0 Å². The van der Waals surface area contributed by atoms with Crippen LogP contribution in [0, 0.1) is 23.7 Å². The van der Waals surface area contributed by atoms with Crippen molar-refractivity contribution in [2.24, 2.45) is 23.7 Å². The topological polar surface area (TPSA) is 0 Å². The van der Waals surface area contributed by atoms with Gasteiger partial charge in [-0.15, -0.1) is 0 Å². The molecule has 0 nitrogen and oxygen atoms in total. The molecule has 2 aliphatic rings. The lowest BCUT2D eigenvalue weighted by atomic mass is 10.2. The van der Waals surface area contributed by atoms with E-state index in [0.717, 1.165) is 42.1 Å². The van der Waals surface area contributed by atoms with Crippen LogP contribution in [-0.2, 0) is 0 Å². The van der Waals surface area contributed by atoms with Crippen LogP contribution in [-0.4, -0.2) is 0 Å². The first-order valence-corrected chi connectivity index (χ1v) is 12.0. The summed E-state index contributed by atoms with van der Waals surface area (Å²) in [7, 11) is 0. The molecule has 34 heavy (non-hydrogen) atoms. The van der Waals surface area contributed by atoms with E-state index in [4.69, 9.17) is 0 Å². The van der Waals surface area contributed by atoms with Crippen LogP contribution < -0.4 is 0 Å². The average Bonchev–Trinajstić information content (AvgIpc) is 3.69. The molecule has 2 aliphatic carbocycles. The van der Waals surface area contributed by atoms with Crippen LogP contribution >= 0.6 is 0 Å². The number of hydrogen-bond donors (Lipinski definition) is 0. The van der Waals surface area contributed by atoms with Crippen LogP contribution in [0.15, 0.2) is 105 Å². The first-order valence-electron chi connectivity index (χ1n) is 12.0. The summed E-state index contributed by atoms with van der Waals surface area (Å²) in [6.45, 7) is 20.6. The lowest BCUT2D eigenvalue weighted by Gasteiger charge is -1.86. The van der Waals surface area contributed by atoms with Crippen molar-refractivity contribution in [3.8, 4) is 0 Å². The molecule has 0 saturated heterocycles. The Morgan fingerprint density at radius 1 is 0.647 bits per heavy atom. The van der Waals surface area contributed by atoms with E-state index in [1.54, 1.807) is 0 Å². The van der Waals surface area contributed by atoms with Crippen LogP contribution in [0.25, 0.3) is 0 Å². The molecule has 0 N–H and O–H groups in total. The minimum atomic E-state index is 1.01. The van der Waals surface area contributed by atoms with E-state index < -0.39 is 0 Å². The molecule has 0 aromatic rings. The third-order valence-corrected chi connectivity index (χ3v) is 5.03. The van der Waals surface area contributed by atoms with Gasteiger partial charge in [0, 0.05) is 0 Å². The maximum Gasteiger partial charge on any atom is -0.00000000000926 e. The van der Waals surface area contributed by atoms with Gasteiger partial charge in [-0.1, -0.05) is 64.7 Å². The summed E-state index contributed by atoms with van der Waals surface area (Å²) < 4.78 is 0. The van der Waals surface area contributed by atoms with Crippen LogP contribution in [0.3, 0.4) is 0 Å². The predicted octanol–water partition coefficient (Wildman–Crippen LogP) is 9.44. The van der Waals surface area contributed by atoms with Crippen molar-refractivity contribution in [2.45, 2.75) is 81.1 Å². The van der Waals surface area contributed by atoms with Crippen molar-refractivity contribution in [3.63, 3.8) is 0 Å². The molecule has 0 aromatic heterocycles. The van der Waals surface area contributed by atoms with Crippen LogP contribution in [0.4, 0.5) is 0 Å². The molecular formula is C34H40. The highest BCUT2D eigenvalue weighted by atomic mass is 14.3. The van der Waals surface area contributed by atoms with Gasteiger partial charge < -0.3 is 0 Å². The minimum absolute atomic E-state index is 1.01. The van der Waals surface area contributed by atoms with Crippen molar-refractivity contribution in [1.29, 1.82) is 0 Å². The predicted molar refractivity (Wildman–Crippen MR) is 145 cm³/mol. The highest BCUT2D eigenvalue weighted by Crippen LogP contribution is 2.36. The van der Waals surface area contributed by atoms with Gasteiger partial charge in [0.05, 0.1) is 0 Å². The van der Waals surface area contributed by atoms with Crippen molar-refractivity contribution in [3.05, 3.63) is 105 Å². The molecular weight excluding hydrogens is 408 g/mol. The fourth-order valence-corrected chi connectivity index (χ4v) is 1.95. The maximum atomic E-state index is 3.31. The van der Waals surface area contributed by atoms with E-state index in [0.29, 0.717) is 0 Å². The van der Waals surface area contributed by atoms with Gasteiger partial charge in [-0.3, -0.25) is 0 Å². The zero-order valence-corrected chi connectivity index (χ0v) is 22.5. The molecule has 2 rings (SSSR count). The van der Waals surface area contributed by atoms with E-state index in [1.807, 2.05) is 32.9 Å². The summed E-state index contributed by atoms with van der Waals surface area (Å²) in [5.41, 5.74) is 37.1. The van der Waals surface area contributed by atoms with E-state index >= 15 is 0 Å². The Kier molecular flexibility index (Phi) is 23.0. The Morgan fingerprint density at radius 3 is 1.18 bits per heavy atom. The lowest BCUT2D eigenvalue weighted by molar-refractivity contribution is 0.834. The molecule has 4 atom stereocenters. The van der Waals surface area contributed by atoms with Crippen LogP contribution in [0.2, 0.25) is 0 Å². The van der Waals surface area contributed by atoms with Crippen molar-refractivity contribution in [1.82, 2.24) is 0 Å². The molecule has 0 amide bonds. The molecule has 176 valence electrons. The summed E-state index contributed by atoms with van der Waals surface area (Å²) in [6.07, 6.45) is 9.05. The summed E-state index contributed by atoms with van der Waals surface area (Å²) in [5, 5.41) is 0. The normalized spacial score (nSPS) is 18.7. The standard InChI is InChI=1S/C20H12.2C5H10.C4H8/c1-4-6-7-8-9-10-11-12-13-14-15-16-17-19-20(3)18-5-2;2*1-4-3-5(4)2;1-3-4-2/h1,5,18H2,2-3H3;2*4-5H,3H2,1-2H3;3-4H,1-2H3/b;;;4-3-/t;4-,5?;;/m.0../s1. The van der Waals surface area contributed by atoms with Gasteiger partial charge in [0.2, 0.25) is 0 Å². The monoisotopic (exact) mass is 448 g/mol. The molecule has 0 aromatic carbocycles.